The van der Waals surface area contributed by atoms with Crippen LogP contribution in [-0.2, 0) is 6.42 Å². The Labute approximate surface area is 201 Å². The van der Waals surface area contributed by atoms with Crippen molar-refractivity contribution in [3.05, 3.63) is 81.8 Å². The molecule has 2 aliphatic rings. The zero-order chi connectivity index (χ0) is 23.5. The minimum absolute atomic E-state index is 0.00533. The summed E-state index contributed by atoms with van der Waals surface area (Å²) in [4.78, 5) is 45.2. The Morgan fingerprint density at radius 1 is 1.00 bits per heavy atom. The summed E-state index contributed by atoms with van der Waals surface area (Å²) in [5.74, 6) is -0.174. The Morgan fingerprint density at radius 3 is 2.59 bits per heavy atom. The topological polar surface area (TPSA) is 94.6 Å². The smallest absolute Gasteiger partial charge is 0.280 e. The summed E-state index contributed by atoms with van der Waals surface area (Å²) in [5.41, 5.74) is 3.23. The molecule has 0 radical (unpaired) electrons. The van der Waals surface area contributed by atoms with Crippen molar-refractivity contribution in [3.8, 4) is 0 Å². The number of nitrogens with one attached hydrogen (secondary N) is 2. The van der Waals surface area contributed by atoms with Gasteiger partial charge in [-0.2, -0.15) is 0 Å². The molecule has 0 bridgehead atoms. The van der Waals surface area contributed by atoms with E-state index in [9.17, 15) is 14.4 Å². The number of nitrogens with zero attached hydrogens (tertiary/aromatic N) is 3. The predicted molar refractivity (Wildman–Crippen MR) is 130 cm³/mol. The van der Waals surface area contributed by atoms with Crippen molar-refractivity contribution < 1.29 is 14.4 Å². The van der Waals surface area contributed by atoms with Crippen LogP contribution < -0.4 is 15.5 Å². The SMILES string of the molecule is O=C(NCCNC1CN(C(=O)c2ccc3c(c2)CCN3C(=O)c2ccccc2)C1)c1nccs1. The molecular formula is C25H25N5O3S. The molecule has 2 N–H and O–H groups in total. The molecule has 5 rings (SSSR count). The van der Waals surface area contributed by atoms with E-state index in [0.717, 1.165) is 17.7 Å². The van der Waals surface area contributed by atoms with Gasteiger partial charge in [-0.05, 0) is 42.3 Å². The minimum atomic E-state index is -0.164. The van der Waals surface area contributed by atoms with Gasteiger partial charge in [-0.1, -0.05) is 18.2 Å². The molecule has 1 saturated heterocycles. The number of hydrogen-bond donors (Lipinski definition) is 2. The molecule has 3 heterocycles. The van der Waals surface area contributed by atoms with Crippen molar-refractivity contribution in [3.63, 3.8) is 0 Å². The highest BCUT2D eigenvalue weighted by molar-refractivity contribution is 7.11. The minimum Gasteiger partial charge on any atom is -0.349 e. The third kappa shape index (κ3) is 4.57. The molecular weight excluding hydrogens is 450 g/mol. The number of benzene rings is 2. The van der Waals surface area contributed by atoms with Gasteiger partial charge in [0.1, 0.15) is 0 Å². The van der Waals surface area contributed by atoms with Crippen LogP contribution in [0.2, 0.25) is 0 Å². The second-order valence-electron chi connectivity index (χ2n) is 8.37. The Morgan fingerprint density at radius 2 is 1.82 bits per heavy atom. The first-order chi connectivity index (χ1) is 16.6. The van der Waals surface area contributed by atoms with Gasteiger partial charge in [0.25, 0.3) is 17.7 Å². The molecule has 8 nitrogen and oxygen atoms in total. The molecule has 3 amide bonds. The number of carbonyl (C=O) groups is 3. The summed E-state index contributed by atoms with van der Waals surface area (Å²) < 4.78 is 0. The van der Waals surface area contributed by atoms with Crippen LogP contribution in [0.25, 0.3) is 0 Å². The molecule has 0 spiro atoms. The maximum absolute atomic E-state index is 12.9. The van der Waals surface area contributed by atoms with Crippen molar-refractivity contribution in [1.29, 1.82) is 0 Å². The van der Waals surface area contributed by atoms with Crippen molar-refractivity contribution in [2.75, 3.05) is 37.6 Å². The molecule has 1 aromatic heterocycles. The monoisotopic (exact) mass is 475 g/mol. The van der Waals surface area contributed by atoms with Crippen LogP contribution in [0.1, 0.15) is 36.1 Å². The number of hydrogen-bond acceptors (Lipinski definition) is 6. The van der Waals surface area contributed by atoms with Gasteiger partial charge in [-0.3, -0.25) is 14.4 Å². The van der Waals surface area contributed by atoms with E-state index in [2.05, 4.69) is 15.6 Å². The normalized spacial score (nSPS) is 15.1. The fourth-order valence-corrected chi connectivity index (χ4v) is 4.85. The molecule has 3 aromatic rings. The maximum Gasteiger partial charge on any atom is 0.280 e. The van der Waals surface area contributed by atoms with Gasteiger partial charge in [-0.25, -0.2) is 4.98 Å². The number of thiazole rings is 1. The molecule has 9 heteroatoms. The molecule has 2 aromatic carbocycles. The van der Waals surface area contributed by atoms with Crippen LogP contribution in [0.15, 0.2) is 60.1 Å². The van der Waals surface area contributed by atoms with Gasteiger partial charge in [0, 0.05) is 67.2 Å². The van der Waals surface area contributed by atoms with Crippen molar-refractivity contribution in [2.45, 2.75) is 12.5 Å². The largest absolute Gasteiger partial charge is 0.349 e. The summed E-state index contributed by atoms with van der Waals surface area (Å²) in [6.07, 6.45) is 2.35. The number of carbonyl (C=O) groups excluding carboxylic acids is 3. The van der Waals surface area contributed by atoms with Gasteiger partial charge < -0.3 is 20.4 Å². The molecule has 0 unspecified atom stereocenters. The van der Waals surface area contributed by atoms with Crippen LogP contribution in [0, 0.1) is 0 Å². The molecule has 1 fully saturated rings. The van der Waals surface area contributed by atoms with E-state index < -0.39 is 0 Å². The molecule has 2 aliphatic heterocycles. The lowest BCUT2D eigenvalue weighted by molar-refractivity contribution is 0.0568. The summed E-state index contributed by atoms with van der Waals surface area (Å²) in [6.45, 7) is 3.03. The lowest BCUT2D eigenvalue weighted by atomic mass is 10.0. The molecule has 0 atom stereocenters. The Bertz CT molecular complexity index is 1190. The van der Waals surface area contributed by atoms with Crippen LogP contribution in [0.5, 0.6) is 0 Å². The van der Waals surface area contributed by atoms with Gasteiger partial charge >= 0.3 is 0 Å². The van der Waals surface area contributed by atoms with E-state index in [-0.39, 0.29) is 23.8 Å². The van der Waals surface area contributed by atoms with Gasteiger partial charge in [0.05, 0.1) is 0 Å². The zero-order valence-electron chi connectivity index (χ0n) is 18.6. The van der Waals surface area contributed by atoms with Crippen LogP contribution >= 0.6 is 11.3 Å². The Hall–Kier alpha value is -3.56. The first kappa shape index (κ1) is 22.2. The van der Waals surface area contributed by atoms with Crippen molar-refractivity contribution in [1.82, 2.24) is 20.5 Å². The first-order valence-electron chi connectivity index (χ1n) is 11.3. The standard InChI is InChI=1S/C25H25N5O3S/c31-22(23-28-11-13-34-23)27-10-9-26-20-15-29(16-20)24(32)19-6-7-21-18(14-19)8-12-30(21)25(33)17-4-2-1-3-5-17/h1-7,11,13-14,20,26H,8-10,12,15-16H2,(H,27,31). The number of aromatic nitrogens is 1. The Balaban J connectivity index is 1.10. The second-order valence-corrected chi connectivity index (χ2v) is 9.27. The third-order valence-corrected chi connectivity index (χ3v) is 6.90. The molecule has 174 valence electrons. The summed E-state index contributed by atoms with van der Waals surface area (Å²) >= 11 is 1.31. The van der Waals surface area contributed by atoms with E-state index in [1.807, 2.05) is 53.4 Å². The van der Waals surface area contributed by atoms with E-state index >= 15 is 0 Å². The number of likely N-dealkylation sites (tertiary alicyclic amines) is 1. The van der Waals surface area contributed by atoms with Gasteiger partial charge in [0.15, 0.2) is 5.01 Å². The molecule has 34 heavy (non-hydrogen) atoms. The predicted octanol–water partition coefficient (Wildman–Crippen LogP) is 2.19. The van der Waals surface area contributed by atoms with Crippen LogP contribution in [0.4, 0.5) is 5.69 Å². The highest BCUT2D eigenvalue weighted by atomic mass is 32.1. The van der Waals surface area contributed by atoms with E-state index in [1.165, 1.54) is 11.3 Å². The first-order valence-corrected chi connectivity index (χ1v) is 12.2. The number of anilines is 1. The quantitative estimate of drug-likeness (QED) is 0.511. The van der Waals surface area contributed by atoms with Gasteiger partial charge in [0.2, 0.25) is 0 Å². The molecule has 0 saturated carbocycles. The second kappa shape index (κ2) is 9.74. The van der Waals surface area contributed by atoms with E-state index in [4.69, 9.17) is 0 Å². The zero-order valence-corrected chi connectivity index (χ0v) is 19.4. The highest BCUT2D eigenvalue weighted by Crippen LogP contribution is 2.31. The lowest BCUT2D eigenvalue weighted by Gasteiger charge is -2.40. The third-order valence-electron chi connectivity index (χ3n) is 6.13. The number of rotatable bonds is 7. The van der Waals surface area contributed by atoms with Gasteiger partial charge in [-0.15, -0.1) is 11.3 Å². The Kier molecular flexibility index (Phi) is 6.37. The average molecular weight is 476 g/mol. The summed E-state index contributed by atoms with van der Waals surface area (Å²) in [6, 6.07) is 15.1. The summed E-state index contributed by atoms with van der Waals surface area (Å²) in [5, 5.41) is 8.43. The lowest BCUT2D eigenvalue weighted by Crippen LogP contribution is -2.60. The maximum atomic E-state index is 12.9. The van der Waals surface area contributed by atoms with E-state index in [0.29, 0.717) is 48.9 Å². The van der Waals surface area contributed by atoms with Crippen LogP contribution in [0.3, 0.4) is 0 Å². The fourth-order valence-electron chi connectivity index (χ4n) is 4.30. The average Bonchev–Trinajstić information content (AvgIpc) is 3.52. The van der Waals surface area contributed by atoms with Crippen LogP contribution in [-0.4, -0.2) is 66.4 Å². The van der Waals surface area contributed by atoms with E-state index in [1.54, 1.807) is 16.5 Å². The van der Waals surface area contributed by atoms with Crippen molar-refractivity contribution in [2.24, 2.45) is 0 Å². The summed E-state index contributed by atoms with van der Waals surface area (Å²) in [7, 11) is 0. The molecule has 0 aliphatic carbocycles. The number of amides is 3. The fraction of sp³-hybridized carbons (Fsp3) is 0.280. The highest BCUT2D eigenvalue weighted by Gasteiger charge is 2.32. The number of fused-ring (bicyclic) bond motifs is 1. The van der Waals surface area contributed by atoms with Crippen molar-refractivity contribution >= 4 is 34.7 Å².